The molecule has 0 fully saturated rings. The molecule has 2 N–H and O–H groups in total. The van der Waals surface area contributed by atoms with Crippen molar-refractivity contribution in [2.75, 3.05) is 7.11 Å². The molecule has 1 aromatic carbocycles. The molecule has 1 aromatic rings. The van der Waals surface area contributed by atoms with E-state index in [-0.39, 0.29) is 6.04 Å². The fourth-order valence-corrected chi connectivity index (χ4v) is 2.94. The second-order valence-electron chi connectivity index (χ2n) is 6.60. The van der Waals surface area contributed by atoms with Gasteiger partial charge in [0.15, 0.2) is 0 Å². The Hall–Kier alpha value is -0.730. The first-order chi connectivity index (χ1) is 8.73. The van der Waals surface area contributed by atoms with Crippen molar-refractivity contribution in [3.63, 3.8) is 0 Å². The highest BCUT2D eigenvalue weighted by Crippen LogP contribution is 2.33. The molecule has 0 aliphatic rings. The number of methoxy groups -OCH3 is 1. The van der Waals surface area contributed by atoms with Crippen LogP contribution in [0.5, 0.6) is 5.75 Å². The minimum atomic E-state index is -0.0178. The minimum absolute atomic E-state index is 0.0178. The molecule has 0 saturated heterocycles. The molecule has 2 unspecified atom stereocenters. The van der Waals surface area contributed by atoms with Crippen molar-refractivity contribution < 1.29 is 4.74 Å². The topological polar surface area (TPSA) is 35.2 Å². The smallest absolute Gasteiger partial charge is 0.120 e. The highest BCUT2D eigenvalue weighted by atomic mass is 35.5. The summed E-state index contributed by atoms with van der Waals surface area (Å²) in [6.45, 7) is 9.03. The maximum Gasteiger partial charge on any atom is 0.120 e. The van der Waals surface area contributed by atoms with Gasteiger partial charge in [0.2, 0.25) is 0 Å². The maximum absolute atomic E-state index is 6.28. The first-order valence-electron chi connectivity index (χ1n) is 6.82. The van der Waals surface area contributed by atoms with E-state index >= 15 is 0 Å². The van der Waals surface area contributed by atoms with Gasteiger partial charge < -0.3 is 10.5 Å². The van der Waals surface area contributed by atoms with Crippen LogP contribution < -0.4 is 10.5 Å². The summed E-state index contributed by atoms with van der Waals surface area (Å²) in [7, 11) is 1.64. The summed E-state index contributed by atoms with van der Waals surface area (Å²) in [5, 5.41) is 0.690. The van der Waals surface area contributed by atoms with Crippen molar-refractivity contribution in [3.8, 4) is 5.75 Å². The van der Waals surface area contributed by atoms with Crippen molar-refractivity contribution in [1.29, 1.82) is 0 Å². The van der Waals surface area contributed by atoms with Gasteiger partial charge in [0.05, 0.1) is 7.11 Å². The van der Waals surface area contributed by atoms with E-state index < -0.39 is 0 Å². The Morgan fingerprint density at radius 1 is 1.32 bits per heavy atom. The van der Waals surface area contributed by atoms with Crippen LogP contribution in [0.1, 0.15) is 52.1 Å². The van der Waals surface area contributed by atoms with Crippen LogP contribution in [0, 0.1) is 11.3 Å². The summed E-state index contributed by atoms with van der Waals surface area (Å²) in [5.74, 6) is 1.34. The average molecular weight is 284 g/mol. The van der Waals surface area contributed by atoms with Crippen molar-refractivity contribution in [3.05, 3.63) is 28.8 Å². The molecule has 2 nitrogen and oxygen atoms in total. The lowest BCUT2D eigenvalue weighted by Crippen LogP contribution is -2.18. The lowest BCUT2D eigenvalue weighted by atomic mass is 9.82. The number of hydrogen-bond donors (Lipinski definition) is 1. The zero-order valence-electron chi connectivity index (χ0n) is 12.7. The van der Waals surface area contributed by atoms with Gasteiger partial charge in [-0.05, 0) is 41.9 Å². The Kier molecular flexibility index (Phi) is 5.69. The minimum Gasteiger partial charge on any atom is -0.497 e. The molecule has 19 heavy (non-hydrogen) atoms. The molecule has 0 saturated carbocycles. The Bertz CT molecular complexity index is 412. The summed E-state index contributed by atoms with van der Waals surface area (Å²) in [4.78, 5) is 0. The van der Waals surface area contributed by atoms with Crippen LogP contribution in [-0.4, -0.2) is 7.11 Å². The quantitative estimate of drug-likeness (QED) is 0.841. The highest BCUT2D eigenvalue weighted by Gasteiger charge is 2.19. The summed E-state index contributed by atoms with van der Waals surface area (Å²) in [5.41, 5.74) is 7.62. The normalized spacial score (nSPS) is 15.1. The first kappa shape index (κ1) is 16.3. The van der Waals surface area contributed by atoms with Crippen LogP contribution in [0.25, 0.3) is 0 Å². The molecule has 0 aliphatic heterocycles. The Balaban J connectivity index is 2.70. The van der Waals surface area contributed by atoms with Crippen LogP contribution in [0.15, 0.2) is 18.2 Å². The number of halogens is 1. The second kappa shape index (κ2) is 6.62. The zero-order chi connectivity index (χ0) is 14.6. The molecule has 0 bridgehead atoms. The lowest BCUT2D eigenvalue weighted by molar-refractivity contribution is 0.286. The van der Waals surface area contributed by atoms with Crippen molar-refractivity contribution >= 4 is 11.6 Å². The number of ether oxygens (including phenoxy) is 1. The van der Waals surface area contributed by atoms with Gasteiger partial charge in [0.25, 0.3) is 0 Å². The van der Waals surface area contributed by atoms with Crippen LogP contribution in [-0.2, 0) is 0 Å². The van der Waals surface area contributed by atoms with Crippen LogP contribution in [0.4, 0.5) is 0 Å². The molecule has 2 atom stereocenters. The van der Waals surface area contributed by atoms with Crippen LogP contribution in [0.3, 0.4) is 0 Å². The van der Waals surface area contributed by atoms with E-state index in [4.69, 9.17) is 22.1 Å². The van der Waals surface area contributed by atoms with E-state index in [1.807, 2.05) is 18.2 Å². The molecule has 0 spiro atoms. The highest BCUT2D eigenvalue weighted by molar-refractivity contribution is 6.31. The average Bonchev–Trinajstić information content (AvgIpc) is 2.25. The van der Waals surface area contributed by atoms with Crippen molar-refractivity contribution in [2.45, 2.75) is 46.6 Å². The molecule has 108 valence electrons. The number of nitrogens with two attached hydrogens (primary N) is 1. The molecule has 0 heterocycles. The van der Waals surface area contributed by atoms with E-state index in [1.165, 1.54) is 0 Å². The van der Waals surface area contributed by atoms with E-state index in [0.717, 1.165) is 24.2 Å². The summed E-state index contributed by atoms with van der Waals surface area (Å²) in [6, 6.07) is 5.69. The summed E-state index contributed by atoms with van der Waals surface area (Å²) < 4.78 is 5.15. The second-order valence-corrected chi connectivity index (χ2v) is 7.01. The Morgan fingerprint density at radius 2 is 1.95 bits per heavy atom. The molecule has 0 aromatic heterocycles. The first-order valence-corrected chi connectivity index (χ1v) is 7.20. The third-order valence-electron chi connectivity index (χ3n) is 3.22. The van der Waals surface area contributed by atoms with Gasteiger partial charge in [-0.25, -0.2) is 0 Å². The van der Waals surface area contributed by atoms with E-state index in [0.29, 0.717) is 16.4 Å². The Morgan fingerprint density at radius 3 is 2.42 bits per heavy atom. The van der Waals surface area contributed by atoms with Gasteiger partial charge in [-0.15, -0.1) is 0 Å². The molecule has 0 amide bonds. The number of hydrogen-bond acceptors (Lipinski definition) is 2. The van der Waals surface area contributed by atoms with Gasteiger partial charge in [0.1, 0.15) is 5.75 Å². The van der Waals surface area contributed by atoms with E-state index in [2.05, 4.69) is 27.7 Å². The third-order valence-corrected chi connectivity index (χ3v) is 3.55. The van der Waals surface area contributed by atoms with Crippen LogP contribution >= 0.6 is 11.6 Å². The number of rotatable bonds is 5. The monoisotopic (exact) mass is 283 g/mol. The Labute approximate surface area is 122 Å². The zero-order valence-corrected chi connectivity index (χ0v) is 13.4. The van der Waals surface area contributed by atoms with Gasteiger partial charge in [0, 0.05) is 11.1 Å². The van der Waals surface area contributed by atoms with E-state index in [9.17, 15) is 0 Å². The van der Waals surface area contributed by atoms with Crippen molar-refractivity contribution in [2.24, 2.45) is 17.1 Å². The largest absolute Gasteiger partial charge is 0.497 e. The molecule has 0 radical (unpaired) electrons. The fraction of sp³-hybridized carbons (Fsp3) is 0.625. The standard InChI is InChI=1S/C16H26ClNO/c1-11(10-16(2,3)4)8-15(18)13-7-6-12(19-5)9-14(13)17/h6-7,9,11,15H,8,10,18H2,1-5H3. The third kappa shape index (κ3) is 5.42. The van der Waals surface area contributed by atoms with Gasteiger partial charge >= 0.3 is 0 Å². The molecular formula is C16H26ClNO. The summed E-state index contributed by atoms with van der Waals surface area (Å²) in [6.07, 6.45) is 2.11. The predicted molar refractivity (Wildman–Crippen MR) is 82.8 cm³/mol. The lowest BCUT2D eigenvalue weighted by Gasteiger charge is -2.25. The van der Waals surface area contributed by atoms with Crippen LogP contribution in [0.2, 0.25) is 5.02 Å². The molecule has 3 heteroatoms. The van der Waals surface area contributed by atoms with Gasteiger partial charge in [-0.2, -0.15) is 0 Å². The maximum atomic E-state index is 6.28. The molecule has 0 aliphatic carbocycles. The van der Waals surface area contributed by atoms with Crippen molar-refractivity contribution in [1.82, 2.24) is 0 Å². The number of benzene rings is 1. The molecule has 1 rings (SSSR count). The SMILES string of the molecule is COc1ccc(C(N)CC(C)CC(C)(C)C)c(Cl)c1. The van der Waals surface area contributed by atoms with E-state index in [1.54, 1.807) is 7.11 Å². The van der Waals surface area contributed by atoms with Gasteiger partial charge in [-0.1, -0.05) is 45.4 Å². The fourth-order valence-electron chi connectivity index (χ4n) is 2.62. The molecular weight excluding hydrogens is 258 g/mol. The predicted octanol–water partition coefficient (Wildman–Crippen LogP) is 4.81. The van der Waals surface area contributed by atoms with Gasteiger partial charge in [-0.3, -0.25) is 0 Å². The summed E-state index contributed by atoms with van der Waals surface area (Å²) >= 11 is 6.26.